The molecule has 0 aliphatic rings. The van der Waals surface area contributed by atoms with E-state index in [1.54, 1.807) is 0 Å². The zero-order chi connectivity index (χ0) is 21.8. The zero-order valence-corrected chi connectivity index (χ0v) is 16.9. The van der Waals surface area contributed by atoms with Gasteiger partial charge in [-0.05, 0) is 24.4 Å². The molecule has 152 valence electrons. The number of thiocarbonyl (C=S) groups is 1. The van der Waals surface area contributed by atoms with Crippen LogP contribution in [0.2, 0.25) is 0 Å². The first-order valence-corrected chi connectivity index (χ1v) is 9.65. The van der Waals surface area contributed by atoms with Crippen molar-refractivity contribution in [3.63, 3.8) is 0 Å². The first-order chi connectivity index (χ1) is 15.0. The number of rotatable bonds is 5. The molecule has 3 aromatic carbocycles. The minimum absolute atomic E-state index is 0.0183. The summed E-state index contributed by atoms with van der Waals surface area (Å²) in [6.07, 6.45) is 0. The Balaban J connectivity index is 1.89. The Labute approximate surface area is 182 Å². The Morgan fingerprint density at radius 1 is 0.903 bits per heavy atom. The molecular weight excluding hydrogens is 412 g/mol. The van der Waals surface area contributed by atoms with E-state index in [1.807, 2.05) is 60.7 Å². The summed E-state index contributed by atoms with van der Waals surface area (Å²) in [5, 5.41) is 24.3. The van der Waals surface area contributed by atoms with Gasteiger partial charge in [0.2, 0.25) is 0 Å². The minimum Gasteiger partial charge on any atom is -0.374 e. The molecule has 0 aliphatic heterocycles. The maximum Gasteiger partial charge on any atom is 0.269 e. The molecule has 0 atom stereocenters. The molecule has 4 aromatic rings. The van der Waals surface area contributed by atoms with E-state index >= 15 is 0 Å². The van der Waals surface area contributed by atoms with E-state index in [0.29, 0.717) is 22.8 Å². The SMILES string of the molecule is NC(=S)n1nc(-c2ccccc2)c(N=Nc2ccc([N+](=O)[O-])cc2)c1-c1ccccc1. The van der Waals surface area contributed by atoms with Gasteiger partial charge in [0.15, 0.2) is 5.11 Å². The first kappa shape index (κ1) is 20.0. The molecule has 1 aromatic heterocycles. The van der Waals surface area contributed by atoms with E-state index in [9.17, 15) is 10.1 Å². The number of nitrogens with zero attached hydrogens (tertiary/aromatic N) is 5. The Kier molecular flexibility index (Phi) is 5.59. The third-order valence-corrected chi connectivity index (χ3v) is 4.66. The highest BCUT2D eigenvalue weighted by atomic mass is 32.1. The van der Waals surface area contributed by atoms with Crippen LogP contribution in [-0.4, -0.2) is 19.8 Å². The molecule has 0 amide bonds. The second-order valence-electron chi connectivity index (χ2n) is 6.50. The predicted molar refractivity (Wildman–Crippen MR) is 123 cm³/mol. The molecule has 0 bridgehead atoms. The maximum atomic E-state index is 10.9. The van der Waals surface area contributed by atoms with Crippen LogP contribution < -0.4 is 5.73 Å². The average Bonchev–Trinajstić information content (AvgIpc) is 3.19. The third-order valence-electron chi connectivity index (χ3n) is 4.49. The molecule has 1 heterocycles. The highest BCUT2D eigenvalue weighted by molar-refractivity contribution is 7.80. The monoisotopic (exact) mass is 428 g/mol. The quantitative estimate of drug-likeness (QED) is 0.191. The van der Waals surface area contributed by atoms with Crippen molar-refractivity contribution < 1.29 is 4.92 Å². The number of hydrogen-bond donors (Lipinski definition) is 1. The summed E-state index contributed by atoms with van der Waals surface area (Å²) in [7, 11) is 0. The lowest BCUT2D eigenvalue weighted by molar-refractivity contribution is -0.384. The molecule has 0 aliphatic carbocycles. The molecule has 31 heavy (non-hydrogen) atoms. The summed E-state index contributed by atoms with van der Waals surface area (Å²) in [6.45, 7) is 0. The number of nitro groups is 1. The predicted octanol–water partition coefficient (Wildman–Crippen LogP) is 5.63. The standard InChI is InChI=1S/C22H16N6O2S/c23-22(31)27-21(16-9-5-2-6-10-16)20(19(26-27)15-7-3-1-4-8-15)25-24-17-11-13-18(14-12-17)28(29)30/h1-14H,(H2,23,31). The fourth-order valence-electron chi connectivity index (χ4n) is 3.06. The number of nitrogens with two attached hydrogens (primary N) is 1. The van der Waals surface area contributed by atoms with Crippen molar-refractivity contribution in [1.29, 1.82) is 0 Å². The molecule has 0 saturated heterocycles. The summed E-state index contributed by atoms with van der Waals surface area (Å²) in [5.74, 6) is 0. The summed E-state index contributed by atoms with van der Waals surface area (Å²) in [6, 6.07) is 24.8. The number of nitro benzene ring substituents is 1. The van der Waals surface area contributed by atoms with Crippen molar-refractivity contribution in [2.45, 2.75) is 0 Å². The van der Waals surface area contributed by atoms with Crippen molar-refractivity contribution >= 4 is 34.4 Å². The molecule has 0 radical (unpaired) electrons. The van der Waals surface area contributed by atoms with E-state index in [1.165, 1.54) is 28.9 Å². The second kappa shape index (κ2) is 8.64. The molecule has 0 unspecified atom stereocenters. The van der Waals surface area contributed by atoms with Gasteiger partial charge in [-0.15, -0.1) is 5.11 Å². The summed E-state index contributed by atoms with van der Waals surface area (Å²) < 4.78 is 1.47. The topological polar surface area (TPSA) is 112 Å². The van der Waals surface area contributed by atoms with Gasteiger partial charge in [0.05, 0.1) is 10.6 Å². The van der Waals surface area contributed by atoms with Gasteiger partial charge in [-0.3, -0.25) is 10.1 Å². The first-order valence-electron chi connectivity index (χ1n) is 9.24. The van der Waals surface area contributed by atoms with Gasteiger partial charge in [-0.25, -0.2) is 4.68 Å². The van der Waals surface area contributed by atoms with Gasteiger partial charge < -0.3 is 5.73 Å². The minimum atomic E-state index is -0.464. The van der Waals surface area contributed by atoms with Crippen molar-refractivity contribution in [3.05, 3.63) is 95.0 Å². The maximum absolute atomic E-state index is 10.9. The highest BCUT2D eigenvalue weighted by Crippen LogP contribution is 2.40. The van der Waals surface area contributed by atoms with Crippen molar-refractivity contribution in [2.75, 3.05) is 0 Å². The van der Waals surface area contributed by atoms with Crippen molar-refractivity contribution in [2.24, 2.45) is 16.0 Å². The molecule has 2 N–H and O–H groups in total. The summed E-state index contributed by atoms with van der Waals surface area (Å²) in [5.41, 5.74) is 9.72. The fraction of sp³-hybridized carbons (Fsp3) is 0. The van der Waals surface area contributed by atoms with E-state index in [0.717, 1.165) is 11.1 Å². The molecule has 0 spiro atoms. The molecule has 0 saturated carbocycles. The van der Waals surface area contributed by atoms with Crippen LogP contribution in [0.15, 0.2) is 95.2 Å². The lowest BCUT2D eigenvalue weighted by atomic mass is 10.1. The zero-order valence-electron chi connectivity index (χ0n) is 16.1. The molecule has 9 heteroatoms. The van der Waals surface area contributed by atoms with Crippen LogP contribution in [0.25, 0.3) is 22.5 Å². The van der Waals surface area contributed by atoms with E-state index in [-0.39, 0.29) is 10.8 Å². The van der Waals surface area contributed by atoms with Gasteiger partial charge in [0.25, 0.3) is 5.69 Å². The smallest absolute Gasteiger partial charge is 0.269 e. The van der Waals surface area contributed by atoms with E-state index in [4.69, 9.17) is 18.0 Å². The van der Waals surface area contributed by atoms with Crippen LogP contribution in [0, 0.1) is 10.1 Å². The van der Waals surface area contributed by atoms with Crippen LogP contribution in [0.1, 0.15) is 0 Å². The number of hydrogen-bond acceptors (Lipinski definition) is 6. The van der Waals surface area contributed by atoms with Crippen LogP contribution in [-0.2, 0) is 0 Å². The molecule has 8 nitrogen and oxygen atoms in total. The van der Waals surface area contributed by atoms with E-state index in [2.05, 4.69) is 15.3 Å². The van der Waals surface area contributed by atoms with Gasteiger partial charge in [0.1, 0.15) is 17.1 Å². The number of azo groups is 1. The Morgan fingerprint density at radius 2 is 1.48 bits per heavy atom. The largest absolute Gasteiger partial charge is 0.374 e. The summed E-state index contributed by atoms with van der Waals surface area (Å²) in [4.78, 5) is 10.4. The Morgan fingerprint density at radius 3 is 2.03 bits per heavy atom. The van der Waals surface area contributed by atoms with Gasteiger partial charge in [0, 0.05) is 23.3 Å². The van der Waals surface area contributed by atoms with Gasteiger partial charge >= 0.3 is 0 Å². The van der Waals surface area contributed by atoms with Crippen LogP contribution in [0.5, 0.6) is 0 Å². The normalized spacial score (nSPS) is 11.0. The van der Waals surface area contributed by atoms with E-state index < -0.39 is 4.92 Å². The second-order valence-corrected chi connectivity index (χ2v) is 6.92. The van der Waals surface area contributed by atoms with Gasteiger partial charge in [-0.1, -0.05) is 60.7 Å². The lowest BCUT2D eigenvalue weighted by Crippen LogP contribution is -2.21. The van der Waals surface area contributed by atoms with Crippen molar-refractivity contribution in [3.8, 4) is 22.5 Å². The molecular formula is C22H16N6O2S. The van der Waals surface area contributed by atoms with Crippen LogP contribution in [0.4, 0.5) is 17.1 Å². The highest BCUT2D eigenvalue weighted by Gasteiger charge is 2.22. The number of non-ortho nitro benzene ring substituents is 1. The molecule has 0 fully saturated rings. The summed E-state index contributed by atoms with van der Waals surface area (Å²) >= 11 is 5.23. The molecule has 4 rings (SSSR count). The lowest BCUT2D eigenvalue weighted by Gasteiger charge is -2.05. The van der Waals surface area contributed by atoms with Crippen LogP contribution in [0.3, 0.4) is 0 Å². The Bertz CT molecular complexity index is 1270. The Hall–Kier alpha value is -4.24. The van der Waals surface area contributed by atoms with Crippen molar-refractivity contribution in [1.82, 2.24) is 9.78 Å². The van der Waals surface area contributed by atoms with Gasteiger partial charge in [-0.2, -0.15) is 10.2 Å². The number of aromatic nitrogens is 2. The third kappa shape index (κ3) is 4.21. The fourth-order valence-corrected chi connectivity index (χ4v) is 3.19. The average molecular weight is 428 g/mol. The number of benzene rings is 3. The van der Waals surface area contributed by atoms with Crippen LogP contribution >= 0.6 is 12.2 Å².